The number of thiophene rings is 1. The molecular formula is C39H23N3S. The standard InChI is InChI=1S/C39H23N3S/c1-2-11-25(12-3-1)37-40-38(42-39(41-37)34-18-9-16-32-31-14-6-7-19-35(31)43-36(32)34)33-17-8-15-27-29-21-20-24-10-4-5-13-26(24)28(29)22-23-30(27)33/h1-23H. The summed E-state index contributed by atoms with van der Waals surface area (Å²) < 4.78 is 2.45. The van der Waals surface area contributed by atoms with Crippen LogP contribution in [0.2, 0.25) is 0 Å². The van der Waals surface area contributed by atoms with E-state index in [2.05, 4.69) is 121 Å². The molecule has 4 heteroatoms. The van der Waals surface area contributed by atoms with Gasteiger partial charge < -0.3 is 0 Å². The van der Waals surface area contributed by atoms with Crippen molar-refractivity contribution < 1.29 is 0 Å². The highest BCUT2D eigenvalue weighted by Crippen LogP contribution is 2.40. The largest absolute Gasteiger partial charge is 0.208 e. The predicted molar refractivity (Wildman–Crippen MR) is 182 cm³/mol. The summed E-state index contributed by atoms with van der Waals surface area (Å²) in [5.74, 6) is 2.03. The third-order valence-corrected chi connectivity index (χ3v) is 9.56. The molecule has 0 aliphatic heterocycles. The van der Waals surface area contributed by atoms with Crippen molar-refractivity contribution in [1.29, 1.82) is 0 Å². The van der Waals surface area contributed by atoms with Crippen LogP contribution in [0.1, 0.15) is 0 Å². The molecule has 0 spiro atoms. The van der Waals surface area contributed by atoms with E-state index in [-0.39, 0.29) is 0 Å². The molecule has 0 aliphatic rings. The zero-order valence-corrected chi connectivity index (χ0v) is 23.8. The van der Waals surface area contributed by atoms with Crippen LogP contribution < -0.4 is 0 Å². The topological polar surface area (TPSA) is 38.7 Å². The van der Waals surface area contributed by atoms with Gasteiger partial charge in [0, 0.05) is 36.9 Å². The number of fused-ring (bicyclic) bond motifs is 8. The SMILES string of the molecule is c1ccc(-c2nc(-c3cccc4c3ccc3c5ccccc5ccc43)nc(-c3cccc4c3sc3ccccc34)n2)cc1. The van der Waals surface area contributed by atoms with Crippen LogP contribution in [0, 0.1) is 0 Å². The third-order valence-electron chi connectivity index (χ3n) is 8.34. The molecule has 0 atom stereocenters. The summed E-state index contributed by atoms with van der Waals surface area (Å²) in [6.07, 6.45) is 0. The van der Waals surface area contributed by atoms with Crippen molar-refractivity contribution in [3.8, 4) is 34.2 Å². The molecule has 0 amide bonds. The van der Waals surface area contributed by atoms with Gasteiger partial charge >= 0.3 is 0 Å². The Morgan fingerprint density at radius 1 is 0.349 bits per heavy atom. The van der Waals surface area contributed by atoms with Gasteiger partial charge in [-0.15, -0.1) is 11.3 Å². The van der Waals surface area contributed by atoms with E-state index in [0.717, 1.165) is 22.1 Å². The van der Waals surface area contributed by atoms with E-state index in [1.54, 1.807) is 11.3 Å². The highest BCUT2D eigenvalue weighted by atomic mass is 32.1. The maximum atomic E-state index is 5.18. The molecule has 9 rings (SSSR count). The summed E-state index contributed by atoms with van der Waals surface area (Å²) in [6, 6.07) is 49.1. The summed E-state index contributed by atoms with van der Waals surface area (Å²) in [6.45, 7) is 0. The molecule has 43 heavy (non-hydrogen) atoms. The minimum Gasteiger partial charge on any atom is -0.208 e. The van der Waals surface area contributed by atoms with Crippen molar-refractivity contribution in [3.63, 3.8) is 0 Å². The Labute approximate surface area is 251 Å². The van der Waals surface area contributed by atoms with Gasteiger partial charge in [0.1, 0.15) is 0 Å². The average molecular weight is 566 g/mol. The number of hydrogen-bond acceptors (Lipinski definition) is 4. The second-order valence-electron chi connectivity index (χ2n) is 10.8. The normalized spacial score (nSPS) is 11.7. The molecule has 2 heterocycles. The lowest BCUT2D eigenvalue weighted by molar-refractivity contribution is 1.08. The second-order valence-corrected chi connectivity index (χ2v) is 11.9. The van der Waals surface area contributed by atoms with E-state index < -0.39 is 0 Å². The molecule has 0 bridgehead atoms. The van der Waals surface area contributed by atoms with Gasteiger partial charge in [0.15, 0.2) is 17.5 Å². The molecular weight excluding hydrogens is 543 g/mol. The van der Waals surface area contributed by atoms with E-state index >= 15 is 0 Å². The number of hydrogen-bond donors (Lipinski definition) is 0. The first-order valence-corrected chi connectivity index (χ1v) is 15.2. The Kier molecular flexibility index (Phi) is 5.37. The Bertz CT molecular complexity index is 2510. The Hall–Kier alpha value is -5.45. The fourth-order valence-corrected chi connectivity index (χ4v) is 7.52. The molecule has 0 radical (unpaired) electrons. The lowest BCUT2D eigenvalue weighted by Gasteiger charge is -2.12. The molecule has 2 aromatic heterocycles. The molecule has 0 saturated heterocycles. The van der Waals surface area contributed by atoms with Crippen LogP contribution in [0.3, 0.4) is 0 Å². The van der Waals surface area contributed by atoms with Gasteiger partial charge in [-0.25, -0.2) is 15.0 Å². The first kappa shape index (κ1) is 24.2. The maximum absolute atomic E-state index is 5.18. The first-order chi connectivity index (χ1) is 21.3. The fourth-order valence-electron chi connectivity index (χ4n) is 6.31. The zero-order chi connectivity index (χ0) is 28.3. The lowest BCUT2D eigenvalue weighted by atomic mass is 9.95. The highest BCUT2D eigenvalue weighted by molar-refractivity contribution is 7.26. The zero-order valence-electron chi connectivity index (χ0n) is 23.0. The van der Waals surface area contributed by atoms with Gasteiger partial charge in [-0.3, -0.25) is 0 Å². The predicted octanol–water partition coefficient (Wildman–Crippen LogP) is 10.7. The molecule has 0 fully saturated rings. The fraction of sp³-hybridized carbons (Fsp3) is 0. The van der Waals surface area contributed by atoms with Gasteiger partial charge in [0.25, 0.3) is 0 Å². The first-order valence-electron chi connectivity index (χ1n) is 14.4. The minimum absolute atomic E-state index is 0.669. The monoisotopic (exact) mass is 565 g/mol. The Balaban J connectivity index is 1.32. The van der Waals surface area contributed by atoms with Crippen molar-refractivity contribution >= 4 is 63.8 Å². The maximum Gasteiger partial charge on any atom is 0.165 e. The number of aromatic nitrogens is 3. The van der Waals surface area contributed by atoms with Crippen LogP contribution in [-0.2, 0) is 0 Å². The molecule has 200 valence electrons. The minimum atomic E-state index is 0.669. The molecule has 9 aromatic rings. The number of nitrogens with zero attached hydrogens (tertiary/aromatic N) is 3. The summed E-state index contributed by atoms with van der Waals surface area (Å²) in [7, 11) is 0. The van der Waals surface area contributed by atoms with Crippen molar-refractivity contribution in [2.24, 2.45) is 0 Å². The average Bonchev–Trinajstić information content (AvgIpc) is 3.47. The molecule has 3 nitrogen and oxygen atoms in total. The van der Waals surface area contributed by atoms with Gasteiger partial charge in [0.05, 0.1) is 0 Å². The van der Waals surface area contributed by atoms with Crippen LogP contribution in [-0.4, -0.2) is 15.0 Å². The number of benzene rings is 7. The van der Waals surface area contributed by atoms with Crippen LogP contribution >= 0.6 is 11.3 Å². The van der Waals surface area contributed by atoms with E-state index in [9.17, 15) is 0 Å². The molecule has 7 aromatic carbocycles. The number of rotatable bonds is 3. The molecule has 0 aliphatic carbocycles. The van der Waals surface area contributed by atoms with Crippen molar-refractivity contribution in [2.45, 2.75) is 0 Å². The summed E-state index contributed by atoms with van der Waals surface area (Å²) in [5, 5.41) is 9.79. The van der Waals surface area contributed by atoms with Crippen molar-refractivity contribution in [3.05, 3.63) is 140 Å². The summed E-state index contributed by atoms with van der Waals surface area (Å²) >= 11 is 1.79. The Morgan fingerprint density at radius 3 is 1.81 bits per heavy atom. The molecule has 0 unspecified atom stereocenters. The van der Waals surface area contributed by atoms with E-state index in [4.69, 9.17) is 15.0 Å². The third kappa shape index (κ3) is 3.84. The van der Waals surface area contributed by atoms with Crippen molar-refractivity contribution in [1.82, 2.24) is 15.0 Å². The van der Waals surface area contributed by atoms with Crippen LogP contribution in [0.4, 0.5) is 0 Å². The van der Waals surface area contributed by atoms with Crippen LogP contribution in [0.15, 0.2) is 140 Å². The smallest absolute Gasteiger partial charge is 0.165 e. The second kappa shape index (κ2) is 9.55. The van der Waals surface area contributed by atoms with E-state index in [1.807, 2.05) is 18.2 Å². The Morgan fingerprint density at radius 2 is 0.930 bits per heavy atom. The van der Waals surface area contributed by atoms with Gasteiger partial charge in [-0.2, -0.15) is 0 Å². The quantitative estimate of drug-likeness (QED) is 0.200. The lowest BCUT2D eigenvalue weighted by Crippen LogP contribution is -2.00. The van der Waals surface area contributed by atoms with E-state index in [1.165, 1.54) is 47.1 Å². The summed E-state index contributed by atoms with van der Waals surface area (Å²) in [4.78, 5) is 15.3. The van der Waals surface area contributed by atoms with Crippen LogP contribution in [0.5, 0.6) is 0 Å². The van der Waals surface area contributed by atoms with Crippen LogP contribution in [0.25, 0.3) is 86.7 Å². The van der Waals surface area contributed by atoms with Gasteiger partial charge in [-0.1, -0.05) is 127 Å². The van der Waals surface area contributed by atoms with Crippen molar-refractivity contribution in [2.75, 3.05) is 0 Å². The summed E-state index contributed by atoms with van der Waals surface area (Å²) in [5.41, 5.74) is 2.99. The highest BCUT2D eigenvalue weighted by Gasteiger charge is 2.18. The van der Waals surface area contributed by atoms with E-state index in [0.29, 0.717) is 17.5 Å². The molecule has 0 saturated carbocycles. The molecule has 0 N–H and O–H groups in total. The van der Waals surface area contributed by atoms with Gasteiger partial charge in [-0.05, 0) is 44.5 Å². The van der Waals surface area contributed by atoms with Gasteiger partial charge in [0.2, 0.25) is 0 Å².